The number of rotatable bonds is 6. The first kappa shape index (κ1) is 12.8. The summed E-state index contributed by atoms with van der Waals surface area (Å²) in [5.41, 5.74) is 1.33. The van der Waals surface area contributed by atoms with Gasteiger partial charge in [-0.1, -0.05) is 23.5 Å². The maximum atomic E-state index is 5.13. The van der Waals surface area contributed by atoms with E-state index in [2.05, 4.69) is 27.6 Å². The van der Waals surface area contributed by atoms with E-state index in [0.29, 0.717) is 0 Å². The van der Waals surface area contributed by atoms with E-state index < -0.39 is 0 Å². The molecule has 2 rings (SSSR count). The molecule has 0 spiro atoms. The van der Waals surface area contributed by atoms with Gasteiger partial charge in [-0.25, -0.2) is 0 Å². The molecule has 96 valence electrons. The lowest BCUT2D eigenvalue weighted by atomic mass is 10.1. The van der Waals surface area contributed by atoms with Crippen molar-refractivity contribution in [2.45, 2.75) is 19.3 Å². The van der Waals surface area contributed by atoms with Crippen LogP contribution in [-0.2, 0) is 12.8 Å². The van der Waals surface area contributed by atoms with Crippen molar-refractivity contribution in [3.63, 3.8) is 0 Å². The molecule has 1 aromatic carbocycles. The molecule has 0 fully saturated rings. The lowest BCUT2D eigenvalue weighted by Gasteiger charge is -2.02. The monoisotopic (exact) mass is 263 g/mol. The Balaban J connectivity index is 1.80. The fourth-order valence-electron chi connectivity index (χ4n) is 1.69. The van der Waals surface area contributed by atoms with E-state index in [1.807, 2.05) is 19.2 Å². The fraction of sp³-hybridized carbons (Fsp3) is 0.385. The second-order valence-corrected chi connectivity index (χ2v) is 5.01. The number of hydrogen-bond donors (Lipinski definition) is 1. The van der Waals surface area contributed by atoms with E-state index in [1.165, 1.54) is 5.56 Å². The Morgan fingerprint density at radius 1 is 1.17 bits per heavy atom. The minimum Gasteiger partial charge on any atom is -0.497 e. The summed E-state index contributed by atoms with van der Waals surface area (Å²) in [5, 5.41) is 13.1. The van der Waals surface area contributed by atoms with Crippen molar-refractivity contribution >= 4 is 16.5 Å². The Bertz CT molecular complexity index is 481. The number of hydrogen-bond acceptors (Lipinski definition) is 5. The lowest BCUT2D eigenvalue weighted by molar-refractivity contribution is 0.414. The highest BCUT2D eigenvalue weighted by molar-refractivity contribution is 7.15. The molecule has 0 aliphatic heterocycles. The summed E-state index contributed by atoms with van der Waals surface area (Å²) >= 11 is 1.62. The molecule has 0 bridgehead atoms. The topological polar surface area (TPSA) is 47.0 Å². The molecule has 0 amide bonds. The van der Waals surface area contributed by atoms with Crippen molar-refractivity contribution in [3.05, 3.63) is 34.8 Å². The molecule has 0 saturated carbocycles. The van der Waals surface area contributed by atoms with E-state index >= 15 is 0 Å². The summed E-state index contributed by atoms with van der Waals surface area (Å²) in [6, 6.07) is 8.22. The molecular formula is C13H17N3OS. The predicted molar refractivity (Wildman–Crippen MR) is 74.5 cm³/mol. The van der Waals surface area contributed by atoms with E-state index in [1.54, 1.807) is 18.4 Å². The molecule has 5 heteroatoms. The van der Waals surface area contributed by atoms with E-state index in [4.69, 9.17) is 4.74 Å². The van der Waals surface area contributed by atoms with Gasteiger partial charge in [0, 0.05) is 13.5 Å². The summed E-state index contributed by atoms with van der Waals surface area (Å²) < 4.78 is 5.13. The highest BCUT2D eigenvalue weighted by Crippen LogP contribution is 2.17. The number of ether oxygens (including phenoxy) is 1. The molecule has 1 heterocycles. The van der Waals surface area contributed by atoms with Crippen LogP contribution in [0.3, 0.4) is 0 Å². The number of aryl methyl sites for hydroxylation is 2. The number of anilines is 1. The average Bonchev–Trinajstić information content (AvgIpc) is 2.87. The third-order valence-corrected chi connectivity index (χ3v) is 3.70. The molecule has 0 atom stereocenters. The Morgan fingerprint density at radius 3 is 2.56 bits per heavy atom. The minimum atomic E-state index is 0.884. The SMILES string of the molecule is CNc1nnc(CCCc2ccc(OC)cc2)s1. The zero-order valence-electron chi connectivity index (χ0n) is 10.6. The van der Waals surface area contributed by atoms with Gasteiger partial charge < -0.3 is 10.1 Å². The van der Waals surface area contributed by atoms with Gasteiger partial charge in [0.25, 0.3) is 0 Å². The molecule has 0 aliphatic rings. The van der Waals surface area contributed by atoms with Gasteiger partial charge in [0.1, 0.15) is 10.8 Å². The van der Waals surface area contributed by atoms with Crippen molar-refractivity contribution in [1.29, 1.82) is 0 Å². The van der Waals surface area contributed by atoms with Crippen molar-refractivity contribution in [3.8, 4) is 5.75 Å². The third-order valence-electron chi connectivity index (χ3n) is 2.70. The second kappa shape index (κ2) is 6.35. The van der Waals surface area contributed by atoms with Crippen LogP contribution in [0.15, 0.2) is 24.3 Å². The predicted octanol–water partition coefficient (Wildman–Crippen LogP) is 2.76. The van der Waals surface area contributed by atoms with Crippen LogP contribution in [0.4, 0.5) is 5.13 Å². The minimum absolute atomic E-state index is 0.884. The summed E-state index contributed by atoms with van der Waals surface area (Å²) in [6.07, 6.45) is 3.12. The molecule has 4 nitrogen and oxygen atoms in total. The molecule has 2 aromatic rings. The maximum absolute atomic E-state index is 5.13. The van der Waals surface area contributed by atoms with Crippen LogP contribution in [0.25, 0.3) is 0 Å². The van der Waals surface area contributed by atoms with Gasteiger partial charge in [0.05, 0.1) is 7.11 Å². The fourth-order valence-corrected chi connectivity index (χ4v) is 2.43. The lowest BCUT2D eigenvalue weighted by Crippen LogP contribution is -1.90. The summed E-state index contributed by atoms with van der Waals surface area (Å²) in [5.74, 6) is 0.904. The van der Waals surface area contributed by atoms with Crippen molar-refractivity contribution in [1.82, 2.24) is 10.2 Å². The standard InChI is InChI=1S/C13H17N3OS/c1-14-13-16-15-12(18-13)5-3-4-10-6-8-11(17-2)9-7-10/h6-9H,3-5H2,1-2H3,(H,14,16). The van der Waals surface area contributed by atoms with Crippen molar-refractivity contribution < 1.29 is 4.74 Å². The summed E-state index contributed by atoms with van der Waals surface area (Å²) in [6.45, 7) is 0. The molecule has 18 heavy (non-hydrogen) atoms. The summed E-state index contributed by atoms with van der Waals surface area (Å²) in [4.78, 5) is 0. The van der Waals surface area contributed by atoms with Gasteiger partial charge in [0.15, 0.2) is 0 Å². The van der Waals surface area contributed by atoms with Crippen LogP contribution >= 0.6 is 11.3 Å². The smallest absolute Gasteiger partial charge is 0.205 e. The van der Waals surface area contributed by atoms with Gasteiger partial charge >= 0.3 is 0 Å². The average molecular weight is 263 g/mol. The van der Waals surface area contributed by atoms with Gasteiger partial charge in [0.2, 0.25) is 5.13 Å². The van der Waals surface area contributed by atoms with Crippen LogP contribution in [0.2, 0.25) is 0 Å². The molecular weight excluding hydrogens is 246 g/mol. The first-order valence-corrected chi connectivity index (χ1v) is 6.76. The first-order valence-electron chi connectivity index (χ1n) is 5.95. The van der Waals surface area contributed by atoms with Crippen LogP contribution in [0, 0.1) is 0 Å². The first-order chi connectivity index (χ1) is 8.81. The molecule has 0 saturated heterocycles. The van der Waals surface area contributed by atoms with E-state index in [0.717, 1.165) is 35.2 Å². The zero-order valence-corrected chi connectivity index (χ0v) is 11.5. The maximum Gasteiger partial charge on any atom is 0.205 e. The van der Waals surface area contributed by atoms with Crippen LogP contribution < -0.4 is 10.1 Å². The summed E-state index contributed by atoms with van der Waals surface area (Å²) in [7, 11) is 3.55. The van der Waals surface area contributed by atoms with Gasteiger partial charge in [-0.05, 0) is 30.5 Å². The number of benzene rings is 1. The number of aromatic nitrogens is 2. The third kappa shape index (κ3) is 3.43. The van der Waals surface area contributed by atoms with E-state index in [9.17, 15) is 0 Å². The Morgan fingerprint density at radius 2 is 1.94 bits per heavy atom. The second-order valence-electron chi connectivity index (χ2n) is 3.95. The quantitative estimate of drug-likeness (QED) is 0.870. The van der Waals surface area contributed by atoms with Gasteiger partial charge in [-0.2, -0.15) is 0 Å². The Kier molecular flexibility index (Phi) is 4.52. The molecule has 1 N–H and O–H groups in total. The molecule has 1 aromatic heterocycles. The normalized spacial score (nSPS) is 10.3. The van der Waals surface area contributed by atoms with E-state index in [-0.39, 0.29) is 0 Å². The largest absolute Gasteiger partial charge is 0.497 e. The highest BCUT2D eigenvalue weighted by atomic mass is 32.1. The zero-order chi connectivity index (χ0) is 12.8. The molecule has 0 radical (unpaired) electrons. The molecule has 0 aliphatic carbocycles. The Labute approximate surface area is 111 Å². The van der Waals surface area contributed by atoms with Crippen molar-refractivity contribution in [2.75, 3.05) is 19.5 Å². The molecule has 0 unspecified atom stereocenters. The van der Waals surface area contributed by atoms with Crippen molar-refractivity contribution in [2.24, 2.45) is 0 Å². The van der Waals surface area contributed by atoms with Crippen LogP contribution in [-0.4, -0.2) is 24.4 Å². The van der Waals surface area contributed by atoms with Gasteiger partial charge in [-0.3, -0.25) is 0 Å². The Hall–Kier alpha value is -1.62. The van der Waals surface area contributed by atoms with Crippen LogP contribution in [0.1, 0.15) is 17.0 Å². The number of nitrogens with one attached hydrogen (secondary N) is 1. The van der Waals surface area contributed by atoms with Gasteiger partial charge in [-0.15, -0.1) is 10.2 Å². The van der Waals surface area contributed by atoms with Crippen LogP contribution in [0.5, 0.6) is 5.75 Å². The highest BCUT2D eigenvalue weighted by Gasteiger charge is 2.02. The number of nitrogens with zero attached hydrogens (tertiary/aromatic N) is 2. The number of methoxy groups -OCH3 is 1.